The molecule has 0 saturated heterocycles. The summed E-state index contributed by atoms with van der Waals surface area (Å²) in [5.41, 5.74) is 7.05. The summed E-state index contributed by atoms with van der Waals surface area (Å²) in [7, 11) is 0. The van der Waals surface area contributed by atoms with Gasteiger partial charge in [0.2, 0.25) is 0 Å². The molecule has 0 aromatic heterocycles. The minimum absolute atomic E-state index is 0.118. The second-order valence-corrected chi connectivity index (χ2v) is 4.02. The molecule has 0 spiro atoms. The van der Waals surface area contributed by atoms with E-state index >= 15 is 0 Å². The maximum atomic E-state index is 6.03. The van der Waals surface area contributed by atoms with Gasteiger partial charge in [-0.05, 0) is 24.6 Å². The van der Waals surface area contributed by atoms with Gasteiger partial charge in [0.05, 0.1) is 25.9 Å². The summed E-state index contributed by atoms with van der Waals surface area (Å²) in [5, 5.41) is 0. The van der Waals surface area contributed by atoms with Crippen molar-refractivity contribution in [1.29, 1.82) is 0 Å². The monoisotopic (exact) mass is 237 g/mol. The first-order valence-electron chi connectivity index (χ1n) is 6.04. The van der Waals surface area contributed by atoms with Crippen LogP contribution in [0.3, 0.4) is 0 Å². The first-order valence-corrected chi connectivity index (χ1v) is 6.04. The predicted octanol–water partition coefficient (Wildman–Crippen LogP) is 1.88. The molecule has 1 atom stereocenters. The standard InChI is InChI=1S/C13H19NO3/c1-2-15-9-11(14)10-4-5-12-13(8-10)17-7-3-6-16-12/h4-5,8,11H,2-3,6-7,9,14H2,1H3/t11-/m1/s1. The van der Waals surface area contributed by atoms with E-state index in [4.69, 9.17) is 19.9 Å². The minimum atomic E-state index is -0.118. The van der Waals surface area contributed by atoms with E-state index < -0.39 is 0 Å². The molecule has 2 rings (SSSR count). The summed E-state index contributed by atoms with van der Waals surface area (Å²) in [6, 6.07) is 5.72. The number of ether oxygens (including phenoxy) is 3. The lowest BCUT2D eigenvalue weighted by atomic mass is 10.1. The first kappa shape index (κ1) is 12.2. The molecule has 0 amide bonds. The summed E-state index contributed by atoms with van der Waals surface area (Å²) in [6.07, 6.45) is 0.912. The fourth-order valence-corrected chi connectivity index (χ4v) is 1.75. The highest BCUT2D eigenvalue weighted by molar-refractivity contribution is 5.44. The highest BCUT2D eigenvalue weighted by atomic mass is 16.5. The summed E-state index contributed by atoms with van der Waals surface area (Å²) >= 11 is 0. The number of nitrogens with two attached hydrogens (primary N) is 1. The van der Waals surface area contributed by atoms with Gasteiger partial charge in [0.25, 0.3) is 0 Å². The van der Waals surface area contributed by atoms with Crippen molar-refractivity contribution in [3.63, 3.8) is 0 Å². The highest BCUT2D eigenvalue weighted by Gasteiger charge is 2.13. The van der Waals surface area contributed by atoms with Crippen LogP contribution in [0, 0.1) is 0 Å². The van der Waals surface area contributed by atoms with E-state index in [0.29, 0.717) is 26.4 Å². The molecular weight excluding hydrogens is 218 g/mol. The fourth-order valence-electron chi connectivity index (χ4n) is 1.75. The lowest BCUT2D eigenvalue weighted by molar-refractivity contribution is 0.133. The van der Waals surface area contributed by atoms with Crippen molar-refractivity contribution in [3.8, 4) is 11.5 Å². The van der Waals surface area contributed by atoms with Crippen LogP contribution in [-0.4, -0.2) is 26.4 Å². The van der Waals surface area contributed by atoms with Crippen molar-refractivity contribution in [2.75, 3.05) is 26.4 Å². The lowest BCUT2D eigenvalue weighted by Gasteiger charge is -2.14. The summed E-state index contributed by atoms with van der Waals surface area (Å²) < 4.78 is 16.5. The number of rotatable bonds is 4. The van der Waals surface area contributed by atoms with Crippen LogP contribution >= 0.6 is 0 Å². The Hall–Kier alpha value is -1.26. The second kappa shape index (κ2) is 5.89. The largest absolute Gasteiger partial charge is 0.490 e. The molecule has 17 heavy (non-hydrogen) atoms. The zero-order chi connectivity index (χ0) is 12.1. The molecule has 0 unspecified atom stereocenters. The van der Waals surface area contributed by atoms with Crippen molar-refractivity contribution in [3.05, 3.63) is 23.8 Å². The number of hydrogen-bond acceptors (Lipinski definition) is 4. The Labute approximate surface area is 102 Å². The van der Waals surface area contributed by atoms with Gasteiger partial charge in [-0.2, -0.15) is 0 Å². The van der Waals surface area contributed by atoms with Gasteiger partial charge in [0.15, 0.2) is 11.5 Å². The van der Waals surface area contributed by atoms with Crippen LogP contribution < -0.4 is 15.2 Å². The van der Waals surface area contributed by atoms with Crippen LogP contribution in [0.5, 0.6) is 11.5 Å². The third-order valence-electron chi connectivity index (χ3n) is 2.70. The Kier molecular flexibility index (Phi) is 4.23. The molecule has 4 heteroatoms. The second-order valence-electron chi connectivity index (χ2n) is 4.02. The SMILES string of the molecule is CCOC[C@@H](N)c1ccc2c(c1)OCCCO2. The molecular formula is C13H19NO3. The quantitative estimate of drug-likeness (QED) is 0.868. The Morgan fingerprint density at radius 2 is 2.06 bits per heavy atom. The van der Waals surface area contributed by atoms with E-state index in [1.165, 1.54) is 0 Å². The van der Waals surface area contributed by atoms with Crippen LogP contribution in [0.4, 0.5) is 0 Å². The topological polar surface area (TPSA) is 53.7 Å². The van der Waals surface area contributed by atoms with E-state index in [9.17, 15) is 0 Å². The van der Waals surface area contributed by atoms with E-state index in [1.54, 1.807) is 0 Å². The van der Waals surface area contributed by atoms with Gasteiger partial charge in [-0.15, -0.1) is 0 Å². The van der Waals surface area contributed by atoms with Gasteiger partial charge in [0, 0.05) is 13.0 Å². The molecule has 0 aliphatic carbocycles. The van der Waals surface area contributed by atoms with E-state index in [1.807, 2.05) is 25.1 Å². The van der Waals surface area contributed by atoms with E-state index in [-0.39, 0.29) is 6.04 Å². The molecule has 1 aliphatic heterocycles. The molecule has 1 aromatic carbocycles. The Morgan fingerprint density at radius 3 is 2.82 bits per heavy atom. The predicted molar refractivity (Wildman–Crippen MR) is 65.5 cm³/mol. The smallest absolute Gasteiger partial charge is 0.161 e. The minimum Gasteiger partial charge on any atom is -0.490 e. The molecule has 94 valence electrons. The maximum Gasteiger partial charge on any atom is 0.161 e. The number of benzene rings is 1. The molecule has 4 nitrogen and oxygen atoms in total. The highest BCUT2D eigenvalue weighted by Crippen LogP contribution is 2.31. The summed E-state index contributed by atoms with van der Waals surface area (Å²) in [5.74, 6) is 1.59. The molecule has 1 aromatic rings. The van der Waals surface area contributed by atoms with Gasteiger partial charge in [-0.25, -0.2) is 0 Å². The Balaban J connectivity index is 2.11. The first-order chi connectivity index (χ1) is 8.31. The van der Waals surface area contributed by atoms with Crippen LogP contribution in [-0.2, 0) is 4.74 Å². The average molecular weight is 237 g/mol. The van der Waals surface area contributed by atoms with E-state index in [2.05, 4.69) is 0 Å². The molecule has 0 radical (unpaired) electrons. The zero-order valence-corrected chi connectivity index (χ0v) is 10.1. The fraction of sp³-hybridized carbons (Fsp3) is 0.538. The van der Waals surface area contributed by atoms with Crippen molar-refractivity contribution in [2.24, 2.45) is 5.73 Å². The van der Waals surface area contributed by atoms with Gasteiger partial charge >= 0.3 is 0 Å². The van der Waals surface area contributed by atoms with Crippen molar-refractivity contribution in [2.45, 2.75) is 19.4 Å². The molecule has 1 aliphatic rings. The third-order valence-corrected chi connectivity index (χ3v) is 2.70. The number of fused-ring (bicyclic) bond motifs is 1. The summed E-state index contributed by atoms with van der Waals surface area (Å²) in [6.45, 7) is 4.56. The van der Waals surface area contributed by atoms with Crippen LogP contribution in [0.2, 0.25) is 0 Å². The molecule has 2 N–H and O–H groups in total. The van der Waals surface area contributed by atoms with Crippen molar-refractivity contribution < 1.29 is 14.2 Å². The van der Waals surface area contributed by atoms with Crippen LogP contribution in [0.1, 0.15) is 24.9 Å². The lowest BCUT2D eigenvalue weighted by Crippen LogP contribution is -2.17. The normalized spacial score (nSPS) is 16.4. The molecule has 1 heterocycles. The van der Waals surface area contributed by atoms with E-state index in [0.717, 1.165) is 23.5 Å². The average Bonchev–Trinajstić information content (AvgIpc) is 2.60. The Bertz CT molecular complexity index is 368. The maximum absolute atomic E-state index is 6.03. The van der Waals surface area contributed by atoms with Gasteiger partial charge in [0.1, 0.15) is 0 Å². The van der Waals surface area contributed by atoms with Crippen molar-refractivity contribution >= 4 is 0 Å². The van der Waals surface area contributed by atoms with Gasteiger partial charge in [-0.3, -0.25) is 0 Å². The van der Waals surface area contributed by atoms with Gasteiger partial charge in [-0.1, -0.05) is 6.07 Å². The van der Waals surface area contributed by atoms with Crippen molar-refractivity contribution in [1.82, 2.24) is 0 Å². The third kappa shape index (κ3) is 3.11. The van der Waals surface area contributed by atoms with Gasteiger partial charge < -0.3 is 19.9 Å². The number of hydrogen-bond donors (Lipinski definition) is 1. The molecule has 0 fully saturated rings. The van der Waals surface area contributed by atoms with Crippen LogP contribution in [0.15, 0.2) is 18.2 Å². The zero-order valence-electron chi connectivity index (χ0n) is 10.1. The molecule has 0 saturated carbocycles. The molecule has 0 bridgehead atoms. The summed E-state index contributed by atoms with van der Waals surface area (Å²) in [4.78, 5) is 0. The Morgan fingerprint density at radius 1 is 1.29 bits per heavy atom. The van der Waals surface area contributed by atoms with Crippen LogP contribution in [0.25, 0.3) is 0 Å².